The fourth-order valence-corrected chi connectivity index (χ4v) is 2.09. The molecule has 3 rings (SSSR count). The summed E-state index contributed by atoms with van der Waals surface area (Å²) in [5.74, 6) is 0.510. The van der Waals surface area contributed by atoms with Crippen molar-refractivity contribution in [2.75, 3.05) is 5.73 Å². The molecule has 0 radical (unpaired) electrons. The van der Waals surface area contributed by atoms with Crippen LogP contribution in [0.2, 0.25) is 0 Å². The summed E-state index contributed by atoms with van der Waals surface area (Å²) in [5, 5.41) is 0. The summed E-state index contributed by atoms with van der Waals surface area (Å²) in [6.07, 6.45) is 7.16. The maximum atomic E-state index is 5.93. The van der Waals surface area contributed by atoms with Crippen molar-refractivity contribution in [1.82, 2.24) is 19.5 Å². The van der Waals surface area contributed by atoms with Gasteiger partial charge in [-0.25, -0.2) is 9.97 Å². The first-order valence-electron chi connectivity index (χ1n) is 6.36. The summed E-state index contributed by atoms with van der Waals surface area (Å²) in [4.78, 5) is 12.6. The van der Waals surface area contributed by atoms with E-state index in [9.17, 15) is 0 Å². The highest BCUT2D eigenvalue weighted by Crippen LogP contribution is 2.23. The number of rotatable bonds is 3. The van der Waals surface area contributed by atoms with E-state index in [2.05, 4.69) is 21.0 Å². The van der Waals surface area contributed by atoms with Crippen LogP contribution in [0.15, 0.2) is 49.2 Å². The molecule has 5 heteroatoms. The number of pyridine rings is 2. The average molecular weight is 265 g/mol. The monoisotopic (exact) mass is 265 g/mol. The molecule has 20 heavy (non-hydrogen) atoms. The molecule has 0 aliphatic carbocycles. The second kappa shape index (κ2) is 5.13. The molecular weight excluding hydrogens is 250 g/mol. The number of nitrogen functional groups attached to an aromatic ring is 1. The highest BCUT2D eigenvalue weighted by molar-refractivity contribution is 5.70. The van der Waals surface area contributed by atoms with E-state index in [4.69, 9.17) is 5.73 Å². The van der Waals surface area contributed by atoms with Gasteiger partial charge in [-0.1, -0.05) is 6.07 Å². The molecule has 0 saturated heterocycles. The Morgan fingerprint density at radius 3 is 2.80 bits per heavy atom. The van der Waals surface area contributed by atoms with Crippen molar-refractivity contribution < 1.29 is 0 Å². The third-order valence-electron chi connectivity index (χ3n) is 3.15. The molecular formula is C15H15N5. The Morgan fingerprint density at radius 1 is 1.15 bits per heavy atom. The Bertz CT molecular complexity index is 715. The van der Waals surface area contributed by atoms with Crippen LogP contribution in [-0.4, -0.2) is 19.5 Å². The lowest BCUT2D eigenvalue weighted by molar-refractivity contribution is 0.799. The van der Waals surface area contributed by atoms with Crippen LogP contribution in [-0.2, 0) is 6.54 Å². The van der Waals surface area contributed by atoms with E-state index in [1.807, 2.05) is 35.9 Å². The van der Waals surface area contributed by atoms with Crippen molar-refractivity contribution in [3.63, 3.8) is 0 Å². The lowest BCUT2D eigenvalue weighted by Crippen LogP contribution is -2.03. The zero-order valence-electron chi connectivity index (χ0n) is 11.2. The van der Waals surface area contributed by atoms with Gasteiger partial charge in [-0.15, -0.1) is 0 Å². The van der Waals surface area contributed by atoms with Crippen LogP contribution < -0.4 is 5.73 Å². The molecule has 0 aromatic carbocycles. The largest absolute Gasteiger partial charge is 0.383 e. The Labute approximate surface area is 117 Å². The summed E-state index contributed by atoms with van der Waals surface area (Å²) in [7, 11) is 0. The molecule has 0 unspecified atom stereocenters. The quantitative estimate of drug-likeness (QED) is 0.788. The zero-order chi connectivity index (χ0) is 13.9. The normalized spacial score (nSPS) is 10.7. The van der Waals surface area contributed by atoms with Crippen molar-refractivity contribution >= 4 is 5.82 Å². The van der Waals surface area contributed by atoms with Crippen molar-refractivity contribution in [2.45, 2.75) is 13.5 Å². The van der Waals surface area contributed by atoms with Gasteiger partial charge in [0, 0.05) is 23.7 Å². The Kier molecular flexibility index (Phi) is 3.16. The number of aromatic nitrogens is 4. The van der Waals surface area contributed by atoms with Crippen molar-refractivity contribution in [3.8, 4) is 11.3 Å². The molecule has 0 amide bonds. The highest BCUT2D eigenvalue weighted by Gasteiger charge is 2.09. The van der Waals surface area contributed by atoms with Crippen LogP contribution in [0.3, 0.4) is 0 Å². The zero-order valence-corrected chi connectivity index (χ0v) is 11.2. The van der Waals surface area contributed by atoms with Gasteiger partial charge in [-0.05, 0) is 30.7 Å². The van der Waals surface area contributed by atoms with Gasteiger partial charge < -0.3 is 10.3 Å². The van der Waals surface area contributed by atoms with Gasteiger partial charge in [0.05, 0.1) is 24.8 Å². The first-order valence-corrected chi connectivity index (χ1v) is 6.36. The number of anilines is 1. The lowest BCUT2D eigenvalue weighted by Gasteiger charge is -2.09. The van der Waals surface area contributed by atoms with Crippen LogP contribution >= 0.6 is 0 Å². The summed E-state index contributed by atoms with van der Waals surface area (Å²) in [6, 6.07) is 7.89. The molecule has 0 bridgehead atoms. The fourth-order valence-electron chi connectivity index (χ4n) is 2.09. The minimum Gasteiger partial charge on any atom is -0.383 e. The number of hydrogen-bond donors (Lipinski definition) is 1. The molecule has 5 nitrogen and oxygen atoms in total. The molecule has 0 spiro atoms. The molecule has 0 aliphatic rings. The summed E-state index contributed by atoms with van der Waals surface area (Å²) >= 11 is 0. The molecule has 0 fully saturated rings. The Hall–Kier alpha value is -2.69. The fraction of sp³-hybridized carbons (Fsp3) is 0.133. The van der Waals surface area contributed by atoms with Crippen LogP contribution in [0.5, 0.6) is 0 Å². The number of nitrogens with two attached hydrogens (primary N) is 1. The lowest BCUT2D eigenvalue weighted by atomic mass is 10.2. The third-order valence-corrected chi connectivity index (χ3v) is 3.15. The van der Waals surface area contributed by atoms with Gasteiger partial charge in [0.15, 0.2) is 0 Å². The predicted octanol–water partition coefficient (Wildman–Crippen LogP) is 2.28. The SMILES string of the molecule is Cc1ccc(Cn2cncc2-c2cccnc2N)cn1. The van der Waals surface area contributed by atoms with E-state index in [-0.39, 0.29) is 0 Å². The van der Waals surface area contributed by atoms with Gasteiger partial charge in [0.2, 0.25) is 0 Å². The number of nitrogens with zero attached hydrogens (tertiary/aromatic N) is 4. The van der Waals surface area contributed by atoms with Crippen LogP contribution in [0.25, 0.3) is 11.3 Å². The second-order valence-corrected chi connectivity index (χ2v) is 4.65. The van der Waals surface area contributed by atoms with E-state index in [1.165, 1.54) is 0 Å². The van der Waals surface area contributed by atoms with Crippen molar-refractivity contribution in [3.05, 3.63) is 60.4 Å². The van der Waals surface area contributed by atoms with Crippen LogP contribution in [0, 0.1) is 6.92 Å². The Morgan fingerprint density at radius 2 is 2.05 bits per heavy atom. The minimum atomic E-state index is 0.510. The molecule has 3 aromatic heterocycles. The molecule has 0 atom stereocenters. The van der Waals surface area contributed by atoms with Crippen molar-refractivity contribution in [1.29, 1.82) is 0 Å². The molecule has 0 aliphatic heterocycles. The van der Waals surface area contributed by atoms with Gasteiger partial charge in [-0.2, -0.15) is 0 Å². The topological polar surface area (TPSA) is 69.6 Å². The molecule has 0 saturated carbocycles. The minimum absolute atomic E-state index is 0.510. The highest BCUT2D eigenvalue weighted by atomic mass is 15.0. The van der Waals surface area contributed by atoms with Gasteiger partial charge >= 0.3 is 0 Å². The van der Waals surface area contributed by atoms with E-state index >= 15 is 0 Å². The molecule has 2 N–H and O–H groups in total. The summed E-state index contributed by atoms with van der Waals surface area (Å²) in [6.45, 7) is 2.68. The Balaban J connectivity index is 1.95. The number of hydrogen-bond acceptors (Lipinski definition) is 4. The molecule has 3 aromatic rings. The maximum absolute atomic E-state index is 5.93. The molecule has 3 heterocycles. The maximum Gasteiger partial charge on any atom is 0.132 e. The molecule has 100 valence electrons. The predicted molar refractivity (Wildman–Crippen MR) is 77.9 cm³/mol. The smallest absolute Gasteiger partial charge is 0.132 e. The van der Waals surface area contributed by atoms with E-state index < -0.39 is 0 Å². The van der Waals surface area contributed by atoms with Crippen molar-refractivity contribution in [2.24, 2.45) is 0 Å². The average Bonchev–Trinajstić information content (AvgIpc) is 2.90. The first-order chi connectivity index (χ1) is 9.74. The van der Waals surface area contributed by atoms with E-state index in [0.717, 1.165) is 22.5 Å². The van der Waals surface area contributed by atoms with Gasteiger partial charge in [0.1, 0.15) is 5.82 Å². The van der Waals surface area contributed by atoms with Crippen LogP contribution in [0.1, 0.15) is 11.3 Å². The van der Waals surface area contributed by atoms with E-state index in [1.54, 1.807) is 18.7 Å². The number of aryl methyl sites for hydroxylation is 1. The van der Waals surface area contributed by atoms with Gasteiger partial charge in [0.25, 0.3) is 0 Å². The summed E-state index contributed by atoms with van der Waals surface area (Å²) < 4.78 is 2.04. The standard InChI is InChI=1S/C15H15N5/c1-11-4-5-12(7-19-11)9-20-10-17-8-14(20)13-3-2-6-18-15(13)16/h2-8,10H,9H2,1H3,(H2,16,18). The summed E-state index contributed by atoms with van der Waals surface area (Å²) in [5.41, 5.74) is 9.91. The third kappa shape index (κ3) is 2.38. The number of imidazole rings is 1. The van der Waals surface area contributed by atoms with Crippen LogP contribution in [0.4, 0.5) is 5.82 Å². The van der Waals surface area contributed by atoms with Gasteiger partial charge in [-0.3, -0.25) is 4.98 Å². The van der Waals surface area contributed by atoms with E-state index in [0.29, 0.717) is 12.4 Å². The first kappa shape index (κ1) is 12.3. The second-order valence-electron chi connectivity index (χ2n) is 4.65.